The number of piperidine rings is 1. The molecule has 0 aromatic carbocycles. The fourth-order valence-electron chi connectivity index (χ4n) is 3.03. The molecule has 0 atom stereocenters. The van der Waals surface area contributed by atoms with Crippen LogP contribution in [0.15, 0.2) is 17.2 Å². The van der Waals surface area contributed by atoms with Crippen molar-refractivity contribution in [1.82, 2.24) is 9.55 Å². The second-order valence-corrected chi connectivity index (χ2v) is 6.20. The summed E-state index contributed by atoms with van der Waals surface area (Å²) in [5.41, 5.74) is -0.00425. The summed E-state index contributed by atoms with van der Waals surface area (Å²) in [4.78, 5) is 18.9. The summed E-state index contributed by atoms with van der Waals surface area (Å²) in [7, 11) is 0. The topological polar surface area (TPSA) is 56.6 Å². The van der Waals surface area contributed by atoms with Crippen LogP contribution in [-0.4, -0.2) is 41.6 Å². The molecular formula is C15H23N3O3. The van der Waals surface area contributed by atoms with E-state index in [1.807, 2.05) is 0 Å². The predicted molar refractivity (Wildman–Crippen MR) is 79.4 cm³/mol. The number of rotatable bonds is 3. The van der Waals surface area contributed by atoms with Gasteiger partial charge in [-0.05, 0) is 5.92 Å². The molecule has 6 heteroatoms. The molecular weight excluding hydrogens is 270 g/mol. The van der Waals surface area contributed by atoms with Crippen LogP contribution in [0.5, 0.6) is 0 Å². The summed E-state index contributed by atoms with van der Waals surface area (Å²) in [6.07, 6.45) is 5.05. The standard InChI is InChI=1S/C15H23N3O3/c1-12(2)11-18-8-5-16-13(14(18)19)17-6-3-15(4-7-17)20-9-10-21-15/h5,8,12H,3-4,6-7,9-11H2,1-2H3. The van der Waals surface area contributed by atoms with Crippen molar-refractivity contribution in [3.8, 4) is 0 Å². The zero-order valence-electron chi connectivity index (χ0n) is 12.7. The molecule has 0 unspecified atom stereocenters. The lowest BCUT2D eigenvalue weighted by molar-refractivity contribution is -0.169. The van der Waals surface area contributed by atoms with Crippen LogP contribution in [0.3, 0.4) is 0 Å². The van der Waals surface area contributed by atoms with Gasteiger partial charge in [-0.2, -0.15) is 0 Å². The minimum absolute atomic E-state index is 0.00425. The third kappa shape index (κ3) is 2.96. The lowest BCUT2D eigenvalue weighted by Crippen LogP contribution is -2.47. The van der Waals surface area contributed by atoms with Gasteiger partial charge in [0.05, 0.1) is 13.2 Å². The second kappa shape index (κ2) is 5.77. The van der Waals surface area contributed by atoms with E-state index in [4.69, 9.17) is 9.47 Å². The Morgan fingerprint density at radius 3 is 2.57 bits per heavy atom. The lowest BCUT2D eigenvalue weighted by atomic mass is 10.0. The van der Waals surface area contributed by atoms with E-state index in [1.165, 1.54) is 0 Å². The highest BCUT2D eigenvalue weighted by Crippen LogP contribution is 2.31. The Bertz CT molecular complexity index is 539. The van der Waals surface area contributed by atoms with Gasteiger partial charge in [0.2, 0.25) is 0 Å². The van der Waals surface area contributed by atoms with E-state index in [0.717, 1.165) is 32.5 Å². The summed E-state index contributed by atoms with van der Waals surface area (Å²) >= 11 is 0. The molecule has 0 radical (unpaired) electrons. The first-order valence-corrected chi connectivity index (χ1v) is 7.68. The zero-order chi connectivity index (χ0) is 14.9. The lowest BCUT2D eigenvalue weighted by Gasteiger charge is -2.37. The van der Waals surface area contributed by atoms with Gasteiger partial charge in [0.15, 0.2) is 11.6 Å². The van der Waals surface area contributed by atoms with E-state index >= 15 is 0 Å². The van der Waals surface area contributed by atoms with Gasteiger partial charge in [-0.3, -0.25) is 4.79 Å². The monoisotopic (exact) mass is 293 g/mol. The van der Waals surface area contributed by atoms with Crippen LogP contribution in [0.4, 0.5) is 5.82 Å². The highest BCUT2D eigenvalue weighted by atomic mass is 16.7. The largest absolute Gasteiger partial charge is 0.352 e. The number of anilines is 1. The molecule has 0 saturated carbocycles. The van der Waals surface area contributed by atoms with Crippen molar-refractivity contribution in [3.05, 3.63) is 22.7 Å². The van der Waals surface area contributed by atoms with E-state index in [-0.39, 0.29) is 5.56 Å². The molecule has 3 heterocycles. The number of hydrogen-bond acceptors (Lipinski definition) is 5. The molecule has 1 spiro atoms. The summed E-state index contributed by atoms with van der Waals surface area (Å²) in [5, 5.41) is 0. The number of hydrogen-bond donors (Lipinski definition) is 0. The van der Waals surface area contributed by atoms with Gasteiger partial charge in [0, 0.05) is 44.9 Å². The third-order valence-electron chi connectivity index (χ3n) is 4.10. The molecule has 0 bridgehead atoms. The van der Waals surface area contributed by atoms with Crippen LogP contribution in [0, 0.1) is 5.92 Å². The SMILES string of the molecule is CC(C)Cn1ccnc(N2CCC3(CC2)OCCO3)c1=O. The first kappa shape index (κ1) is 14.5. The summed E-state index contributed by atoms with van der Waals surface area (Å²) in [5.74, 6) is 0.566. The predicted octanol–water partition coefficient (Wildman–Crippen LogP) is 1.24. The van der Waals surface area contributed by atoms with Crippen LogP contribution in [0.1, 0.15) is 26.7 Å². The molecule has 3 rings (SSSR count). The van der Waals surface area contributed by atoms with Crippen molar-refractivity contribution in [2.75, 3.05) is 31.2 Å². The Kier molecular flexibility index (Phi) is 3.99. The van der Waals surface area contributed by atoms with E-state index in [1.54, 1.807) is 17.0 Å². The Morgan fingerprint density at radius 1 is 1.29 bits per heavy atom. The highest BCUT2D eigenvalue weighted by Gasteiger charge is 2.40. The van der Waals surface area contributed by atoms with Crippen molar-refractivity contribution in [2.24, 2.45) is 5.92 Å². The van der Waals surface area contributed by atoms with Crippen molar-refractivity contribution in [1.29, 1.82) is 0 Å². The summed E-state index contributed by atoms with van der Waals surface area (Å²) < 4.78 is 13.2. The van der Waals surface area contributed by atoms with Crippen LogP contribution in [0.25, 0.3) is 0 Å². The average molecular weight is 293 g/mol. The number of nitrogens with zero attached hydrogens (tertiary/aromatic N) is 3. The van der Waals surface area contributed by atoms with Crippen LogP contribution < -0.4 is 10.5 Å². The molecule has 6 nitrogen and oxygen atoms in total. The highest BCUT2D eigenvalue weighted by molar-refractivity contribution is 5.36. The molecule has 2 fully saturated rings. The molecule has 2 aliphatic heterocycles. The summed E-state index contributed by atoms with van der Waals surface area (Å²) in [6, 6.07) is 0. The van der Waals surface area contributed by atoms with Gasteiger partial charge in [-0.25, -0.2) is 4.98 Å². The van der Waals surface area contributed by atoms with Gasteiger partial charge < -0.3 is 18.9 Å². The molecule has 2 saturated heterocycles. The molecule has 21 heavy (non-hydrogen) atoms. The fourth-order valence-corrected chi connectivity index (χ4v) is 3.03. The average Bonchev–Trinajstić information content (AvgIpc) is 2.90. The van der Waals surface area contributed by atoms with E-state index in [9.17, 15) is 4.79 Å². The molecule has 0 aliphatic carbocycles. The zero-order valence-corrected chi connectivity index (χ0v) is 12.7. The maximum absolute atomic E-state index is 12.5. The minimum atomic E-state index is -0.414. The Balaban J connectivity index is 1.74. The smallest absolute Gasteiger partial charge is 0.293 e. The molecule has 0 N–H and O–H groups in total. The molecule has 1 aromatic heterocycles. The van der Waals surface area contributed by atoms with Gasteiger partial charge >= 0.3 is 0 Å². The van der Waals surface area contributed by atoms with Gasteiger partial charge in [0.1, 0.15) is 0 Å². The van der Waals surface area contributed by atoms with Crippen molar-refractivity contribution in [3.63, 3.8) is 0 Å². The van der Waals surface area contributed by atoms with Crippen molar-refractivity contribution in [2.45, 2.75) is 39.0 Å². The summed E-state index contributed by atoms with van der Waals surface area (Å²) in [6.45, 7) is 7.76. The number of aromatic nitrogens is 2. The minimum Gasteiger partial charge on any atom is -0.352 e. The molecule has 2 aliphatic rings. The van der Waals surface area contributed by atoms with E-state index in [0.29, 0.717) is 24.9 Å². The quantitative estimate of drug-likeness (QED) is 0.839. The normalized spacial score (nSPS) is 21.4. The second-order valence-electron chi connectivity index (χ2n) is 6.20. The molecule has 0 amide bonds. The van der Waals surface area contributed by atoms with Crippen LogP contribution in [-0.2, 0) is 16.0 Å². The maximum atomic E-state index is 12.5. The van der Waals surface area contributed by atoms with Crippen molar-refractivity contribution >= 4 is 5.82 Å². The Hall–Kier alpha value is -1.40. The van der Waals surface area contributed by atoms with Crippen LogP contribution in [0.2, 0.25) is 0 Å². The van der Waals surface area contributed by atoms with Crippen molar-refractivity contribution < 1.29 is 9.47 Å². The van der Waals surface area contributed by atoms with Crippen LogP contribution >= 0.6 is 0 Å². The first-order valence-electron chi connectivity index (χ1n) is 7.68. The molecule has 1 aromatic rings. The first-order chi connectivity index (χ1) is 10.1. The third-order valence-corrected chi connectivity index (χ3v) is 4.10. The fraction of sp³-hybridized carbons (Fsp3) is 0.733. The number of ether oxygens (including phenoxy) is 2. The Labute approximate surface area is 124 Å². The van der Waals surface area contributed by atoms with E-state index < -0.39 is 5.79 Å². The van der Waals surface area contributed by atoms with Gasteiger partial charge in [0.25, 0.3) is 5.56 Å². The molecule has 116 valence electrons. The van der Waals surface area contributed by atoms with Gasteiger partial charge in [-0.1, -0.05) is 13.8 Å². The maximum Gasteiger partial charge on any atom is 0.293 e. The van der Waals surface area contributed by atoms with E-state index in [2.05, 4.69) is 23.7 Å². The Morgan fingerprint density at radius 2 is 1.95 bits per heavy atom. The van der Waals surface area contributed by atoms with Gasteiger partial charge in [-0.15, -0.1) is 0 Å².